The maximum atomic E-state index is 12.1. The van der Waals surface area contributed by atoms with Crippen molar-refractivity contribution < 1.29 is 9.53 Å². The molecule has 0 aromatic heterocycles. The highest BCUT2D eigenvalue weighted by Gasteiger charge is 2.08. The zero-order valence-electron chi connectivity index (χ0n) is 14.6. The normalized spacial score (nSPS) is 10.1. The average molecular weight is 418 g/mol. The highest BCUT2D eigenvalue weighted by atomic mass is 35.5. The molecule has 0 bridgehead atoms. The molecule has 7 heteroatoms. The van der Waals surface area contributed by atoms with Gasteiger partial charge in [0.15, 0.2) is 0 Å². The molecule has 142 valence electrons. The van der Waals surface area contributed by atoms with Crippen LogP contribution in [0.4, 0.5) is 5.69 Å². The quantitative estimate of drug-likeness (QED) is 0.543. The summed E-state index contributed by atoms with van der Waals surface area (Å²) in [6.07, 6.45) is 0.956. The van der Waals surface area contributed by atoms with Crippen LogP contribution in [0.25, 0.3) is 0 Å². The standard InChI is InChI=1S/C19H22Cl2N2O2.ClH/c1-2-22-13-14-7-3-4-9-16(14)23-18(24)11-6-12-25-17-10-5-8-15(20)19(17)21;/h3-5,7-10,22H,2,6,11-13H2,1H3,(H,23,24);1H. The zero-order valence-corrected chi connectivity index (χ0v) is 16.9. The summed E-state index contributed by atoms with van der Waals surface area (Å²) in [4.78, 5) is 12.1. The number of benzene rings is 2. The molecule has 2 rings (SSSR count). The van der Waals surface area contributed by atoms with Crippen LogP contribution in [-0.2, 0) is 11.3 Å². The van der Waals surface area contributed by atoms with Crippen LogP contribution >= 0.6 is 35.6 Å². The van der Waals surface area contributed by atoms with Gasteiger partial charge in [0.05, 0.1) is 11.6 Å². The first kappa shape index (κ1) is 22.6. The number of hydrogen-bond acceptors (Lipinski definition) is 3. The number of hydrogen-bond donors (Lipinski definition) is 2. The number of rotatable bonds is 9. The number of ether oxygens (including phenoxy) is 1. The molecule has 0 fully saturated rings. The first-order valence-corrected chi connectivity index (χ1v) is 9.02. The molecule has 2 aromatic carbocycles. The predicted molar refractivity (Wildman–Crippen MR) is 111 cm³/mol. The summed E-state index contributed by atoms with van der Waals surface area (Å²) in [5.41, 5.74) is 1.91. The number of nitrogens with one attached hydrogen (secondary N) is 2. The molecular weight excluding hydrogens is 395 g/mol. The minimum absolute atomic E-state index is 0. The lowest BCUT2D eigenvalue weighted by Crippen LogP contribution is -2.17. The van der Waals surface area contributed by atoms with Crippen LogP contribution < -0.4 is 15.4 Å². The molecule has 2 N–H and O–H groups in total. The van der Waals surface area contributed by atoms with E-state index in [1.54, 1.807) is 18.2 Å². The Morgan fingerprint density at radius 3 is 2.65 bits per heavy atom. The van der Waals surface area contributed by atoms with Gasteiger partial charge in [0.1, 0.15) is 10.8 Å². The fourth-order valence-corrected chi connectivity index (χ4v) is 2.63. The van der Waals surface area contributed by atoms with Gasteiger partial charge in [-0.15, -0.1) is 12.4 Å². The van der Waals surface area contributed by atoms with Crippen LogP contribution in [-0.4, -0.2) is 19.1 Å². The average Bonchev–Trinajstić information content (AvgIpc) is 2.61. The second-order valence-electron chi connectivity index (χ2n) is 5.49. The summed E-state index contributed by atoms with van der Waals surface area (Å²) >= 11 is 12.0. The fraction of sp³-hybridized carbons (Fsp3) is 0.316. The topological polar surface area (TPSA) is 50.4 Å². The van der Waals surface area contributed by atoms with E-state index in [0.717, 1.165) is 24.3 Å². The third-order valence-electron chi connectivity index (χ3n) is 3.58. The van der Waals surface area contributed by atoms with E-state index in [1.165, 1.54) is 0 Å². The Morgan fingerprint density at radius 2 is 1.88 bits per heavy atom. The first-order chi connectivity index (χ1) is 12.1. The molecule has 0 aliphatic heterocycles. The molecule has 4 nitrogen and oxygen atoms in total. The highest BCUT2D eigenvalue weighted by Crippen LogP contribution is 2.31. The van der Waals surface area contributed by atoms with Gasteiger partial charge in [-0.05, 0) is 36.7 Å². The summed E-state index contributed by atoms with van der Waals surface area (Å²) in [5.74, 6) is 0.496. The van der Waals surface area contributed by atoms with E-state index in [1.807, 2.05) is 31.2 Å². The summed E-state index contributed by atoms with van der Waals surface area (Å²) in [6, 6.07) is 13.0. The van der Waals surface area contributed by atoms with E-state index < -0.39 is 0 Å². The van der Waals surface area contributed by atoms with Gasteiger partial charge in [-0.1, -0.05) is 54.4 Å². The molecule has 0 heterocycles. The molecule has 0 saturated carbocycles. The van der Waals surface area contributed by atoms with Crippen LogP contribution in [0, 0.1) is 0 Å². The van der Waals surface area contributed by atoms with Gasteiger partial charge in [-0.3, -0.25) is 4.79 Å². The van der Waals surface area contributed by atoms with Crippen molar-refractivity contribution in [2.75, 3.05) is 18.5 Å². The van der Waals surface area contributed by atoms with Gasteiger partial charge in [-0.2, -0.15) is 0 Å². The van der Waals surface area contributed by atoms with E-state index in [2.05, 4.69) is 10.6 Å². The molecule has 0 saturated heterocycles. The van der Waals surface area contributed by atoms with Crippen LogP contribution in [0.15, 0.2) is 42.5 Å². The van der Waals surface area contributed by atoms with Crippen molar-refractivity contribution in [3.8, 4) is 5.75 Å². The summed E-state index contributed by atoms with van der Waals surface area (Å²) in [6.45, 7) is 4.05. The van der Waals surface area contributed by atoms with Gasteiger partial charge in [0.25, 0.3) is 0 Å². The Labute approximate surface area is 170 Å². The Hall–Kier alpha value is -1.46. The van der Waals surface area contributed by atoms with Gasteiger partial charge in [0, 0.05) is 18.7 Å². The van der Waals surface area contributed by atoms with Gasteiger partial charge in [-0.25, -0.2) is 0 Å². The summed E-state index contributed by atoms with van der Waals surface area (Å²) in [5, 5.41) is 7.07. The molecule has 0 aliphatic rings. The summed E-state index contributed by atoms with van der Waals surface area (Å²) in [7, 11) is 0. The van der Waals surface area contributed by atoms with E-state index >= 15 is 0 Å². The Bertz CT molecular complexity index is 711. The molecular formula is C19H23Cl3N2O2. The SMILES string of the molecule is CCNCc1ccccc1NC(=O)CCCOc1cccc(Cl)c1Cl.Cl. The number of carbonyl (C=O) groups excluding carboxylic acids is 1. The van der Waals surface area contributed by atoms with Gasteiger partial charge in [0.2, 0.25) is 5.91 Å². The van der Waals surface area contributed by atoms with E-state index in [0.29, 0.717) is 35.2 Å². The summed E-state index contributed by atoms with van der Waals surface area (Å²) < 4.78 is 5.59. The number of anilines is 1. The minimum atomic E-state index is -0.0373. The van der Waals surface area contributed by atoms with Gasteiger partial charge < -0.3 is 15.4 Å². The number of amides is 1. The Balaban J connectivity index is 0.00000338. The van der Waals surface area contributed by atoms with Crippen molar-refractivity contribution in [3.05, 3.63) is 58.1 Å². The lowest BCUT2D eigenvalue weighted by atomic mass is 10.1. The van der Waals surface area contributed by atoms with Crippen LogP contribution in [0.1, 0.15) is 25.3 Å². The van der Waals surface area contributed by atoms with Crippen LogP contribution in [0.5, 0.6) is 5.75 Å². The minimum Gasteiger partial charge on any atom is -0.492 e. The number of carbonyl (C=O) groups is 1. The largest absolute Gasteiger partial charge is 0.492 e. The highest BCUT2D eigenvalue weighted by molar-refractivity contribution is 6.42. The van der Waals surface area contributed by atoms with Crippen molar-refractivity contribution in [2.24, 2.45) is 0 Å². The smallest absolute Gasteiger partial charge is 0.224 e. The Kier molecular flexibility index (Phi) is 10.4. The van der Waals surface area contributed by atoms with Crippen LogP contribution in [0.2, 0.25) is 10.0 Å². The van der Waals surface area contributed by atoms with E-state index in [4.69, 9.17) is 27.9 Å². The molecule has 0 radical (unpaired) electrons. The second-order valence-corrected chi connectivity index (χ2v) is 6.27. The zero-order chi connectivity index (χ0) is 18.1. The van der Waals surface area contributed by atoms with Crippen molar-refractivity contribution in [1.29, 1.82) is 0 Å². The molecule has 0 spiro atoms. The maximum absolute atomic E-state index is 12.1. The monoisotopic (exact) mass is 416 g/mol. The van der Waals surface area contributed by atoms with Crippen LogP contribution in [0.3, 0.4) is 0 Å². The van der Waals surface area contributed by atoms with E-state index in [-0.39, 0.29) is 18.3 Å². The lowest BCUT2D eigenvalue weighted by molar-refractivity contribution is -0.116. The fourth-order valence-electron chi connectivity index (χ4n) is 2.28. The predicted octanol–water partition coefficient (Wildman–Crippen LogP) is 5.32. The molecule has 0 unspecified atom stereocenters. The molecule has 2 aromatic rings. The van der Waals surface area contributed by atoms with Crippen molar-refractivity contribution in [3.63, 3.8) is 0 Å². The number of para-hydroxylation sites is 1. The molecule has 0 aliphatic carbocycles. The Morgan fingerprint density at radius 1 is 1.12 bits per heavy atom. The second kappa shape index (κ2) is 12.0. The third kappa shape index (κ3) is 7.04. The van der Waals surface area contributed by atoms with E-state index in [9.17, 15) is 4.79 Å². The molecule has 26 heavy (non-hydrogen) atoms. The lowest BCUT2D eigenvalue weighted by Gasteiger charge is -2.12. The first-order valence-electron chi connectivity index (χ1n) is 8.27. The van der Waals surface area contributed by atoms with Crippen molar-refractivity contribution in [1.82, 2.24) is 5.32 Å². The molecule has 0 atom stereocenters. The number of halogens is 3. The third-order valence-corrected chi connectivity index (χ3v) is 4.38. The van der Waals surface area contributed by atoms with Crippen molar-refractivity contribution >= 4 is 47.2 Å². The molecule has 1 amide bonds. The van der Waals surface area contributed by atoms with Crippen molar-refractivity contribution in [2.45, 2.75) is 26.3 Å². The maximum Gasteiger partial charge on any atom is 0.224 e. The van der Waals surface area contributed by atoms with Gasteiger partial charge >= 0.3 is 0 Å².